The van der Waals surface area contributed by atoms with Crippen molar-refractivity contribution in [1.29, 1.82) is 0 Å². The number of piperidine rings is 1. The van der Waals surface area contributed by atoms with Crippen molar-refractivity contribution in [3.05, 3.63) is 0 Å². The lowest BCUT2D eigenvalue weighted by molar-refractivity contribution is 0.191. The van der Waals surface area contributed by atoms with Crippen LogP contribution in [0.4, 0.5) is 0 Å². The van der Waals surface area contributed by atoms with Crippen molar-refractivity contribution in [2.24, 2.45) is 0 Å². The molecule has 0 saturated carbocycles. The van der Waals surface area contributed by atoms with Crippen LogP contribution in [-0.4, -0.2) is 81.8 Å². The molecule has 0 unspecified atom stereocenters. The van der Waals surface area contributed by atoms with Crippen LogP contribution in [0, 0.1) is 0 Å². The molecule has 126 valence electrons. The maximum Gasteiger partial charge on any atom is 0.281 e. The zero-order chi connectivity index (χ0) is 15.9. The number of nitrogens with zero attached hydrogens (tertiary/aromatic N) is 3. The summed E-state index contributed by atoms with van der Waals surface area (Å²) in [4.78, 5) is 2.19. The molecule has 0 amide bonds. The van der Waals surface area contributed by atoms with Crippen LogP contribution in [0.3, 0.4) is 0 Å². The molecular weight excluding hydrogens is 288 g/mol. The van der Waals surface area contributed by atoms with Crippen LogP contribution in [0.1, 0.15) is 32.6 Å². The average molecular weight is 321 g/mol. The summed E-state index contributed by atoms with van der Waals surface area (Å²) in [5.74, 6) is 0. The molecule has 6 nitrogen and oxygen atoms in total. The summed E-state index contributed by atoms with van der Waals surface area (Å²) in [6, 6.07) is 0.500. The fourth-order valence-electron chi connectivity index (χ4n) is 2.63. The molecule has 0 aromatic heterocycles. The smallest absolute Gasteiger partial charge is 0.281 e. The standard InChI is InChI=1S/C14H32N4O2S/c1-5-9-15-10-6-11-17(4)21(19,20)18-12-7-14(8-13-18)16(2)3/h14-15H,5-13H2,1-4H3. The maximum atomic E-state index is 12.5. The van der Waals surface area contributed by atoms with Crippen molar-refractivity contribution < 1.29 is 8.42 Å². The Hall–Kier alpha value is -0.210. The minimum absolute atomic E-state index is 0.500. The third kappa shape index (κ3) is 5.83. The lowest BCUT2D eigenvalue weighted by Crippen LogP contribution is -2.49. The molecule has 1 fully saturated rings. The van der Waals surface area contributed by atoms with Gasteiger partial charge in [-0.3, -0.25) is 0 Å². The second kappa shape index (κ2) is 9.05. The lowest BCUT2D eigenvalue weighted by atomic mass is 10.1. The quantitative estimate of drug-likeness (QED) is 0.632. The monoisotopic (exact) mass is 320 g/mol. The zero-order valence-electron chi connectivity index (χ0n) is 14.0. The van der Waals surface area contributed by atoms with Crippen LogP contribution in [-0.2, 0) is 10.2 Å². The van der Waals surface area contributed by atoms with Crippen molar-refractivity contribution in [2.75, 3.05) is 53.9 Å². The molecule has 1 saturated heterocycles. The van der Waals surface area contributed by atoms with Gasteiger partial charge in [-0.25, -0.2) is 0 Å². The molecule has 0 bridgehead atoms. The third-order valence-corrected chi connectivity index (χ3v) is 6.12. The van der Waals surface area contributed by atoms with E-state index in [0.717, 1.165) is 38.8 Å². The SMILES string of the molecule is CCCNCCCN(C)S(=O)(=O)N1CCC(N(C)C)CC1. The summed E-state index contributed by atoms with van der Waals surface area (Å²) in [7, 11) is 2.52. The highest BCUT2D eigenvalue weighted by atomic mass is 32.2. The van der Waals surface area contributed by atoms with E-state index in [1.165, 1.54) is 4.31 Å². The van der Waals surface area contributed by atoms with Gasteiger partial charge in [0, 0.05) is 32.7 Å². The van der Waals surface area contributed by atoms with Crippen LogP contribution in [0.2, 0.25) is 0 Å². The van der Waals surface area contributed by atoms with Gasteiger partial charge < -0.3 is 10.2 Å². The van der Waals surface area contributed by atoms with Crippen LogP contribution in [0.5, 0.6) is 0 Å². The molecular formula is C14H32N4O2S. The summed E-state index contributed by atoms with van der Waals surface area (Å²) in [5, 5.41) is 3.30. The third-order valence-electron chi connectivity index (χ3n) is 4.13. The van der Waals surface area contributed by atoms with Crippen molar-refractivity contribution in [1.82, 2.24) is 18.8 Å². The number of hydrogen-bond donors (Lipinski definition) is 1. The van der Waals surface area contributed by atoms with Crippen LogP contribution in [0.15, 0.2) is 0 Å². The number of hydrogen-bond acceptors (Lipinski definition) is 4. The van der Waals surface area contributed by atoms with E-state index in [1.807, 2.05) is 0 Å². The van der Waals surface area contributed by atoms with Crippen LogP contribution >= 0.6 is 0 Å². The van der Waals surface area contributed by atoms with Gasteiger partial charge in [0.25, 0.3) is 10.2 Å². The fourth-order valence-corrected chi connectivity index (χ4v) is 4.06. The van der Waals surface area contributed by atoms with E-state index in [1.54, 1.807) is 11.4 Å². The molecule has 0 spiro atoms. The summed E-state index contributed by atoms with van der Waals surface area (Å²) in [6.07, 6.45) is 3.79. The lowest BCUT2D eigenvalue weighted by Gasteiger charge is -2.36. The Bertz CT molecular complexity index is 378. The van der Waals surface area contributed by atoms with Gasteiger partial charge in [-0.15, -0.1) is 0 Å². The molecule has 0 aromatic carbocycles. The van der Waals surface area contributed by atoms with E-state index in [2.05, 4.69) is 31.2 Å². The van der Waals surface area contributed by atoms with Gasteiger partial charge in [0.2, 0.25) is 0 Å². The topological polar surface area (TPSA) is 55.9 Å². The Kier molecular flexibility index (Phi) is 8.12. The molecule has 1 aliphatic rings. The zero-order valence-corrected chi connectivity index (χ0v) is 14.8. The predicted molar refractivity (Wildman–Crippen MR) is 87.6 cm³/mol. The molecule has 1 N–H and O–H groups in total. The van der Waals surface area contributed by atoms with E-state index in [9.17, 15) is 8.42 Å². The summed E-state index contributed by atoms with van der Waals surface area (Å²) in [6.45, 7) is 5.83. The largest absolute Gasteiger partial charge is 0.317 e. The first-order chi connectivity index (χ1) is 9.89. The molecule has 1 rings (SSSR count). The fraction of sp³-hybridized carbons (Fsp3) is 1.00. The van der Waals surface area contributed by atoms with Crippen molar-refractivity contribution in [3.8, 4) is 0 Å². The van der Waals surface area contributed by atoms with E-state index in [0.29, 0.717) is 25.7 Å². The van der Waals surface area contributed by atoms with Gasteiger partial charge in [-0.05, 0) is 52.9 Å². The van der Waals surface area contributed by atoms with Crippen molar-refractivity contribution in [2.45, 2.75) is 38.6 Å². The Labute approximate surface area is 130 Å². The second-order valence-corrected chi connectivity index (χ2v) is 8.06. The second-order valence-electron chi connectivity index (χ2n) is 6.03. The maximum absolute atomic E-state index is 12.5. The van der Waals surface area contributed by atoms with Crippen LogP contribution < -0.4 is 5.32 Å². The highest BCUT2D eigenvalue weighted by Crippen LogP contribution is 2.18. The van der Waals surface area contributed by atoms with Gasteiger partial charge in [-0.1, -0.05) is 6.92 Å². The Balaban J connectivity index is 2.38. The summed E-state index contributed by atoms with van der Waals surface area (Å²) >= 11 is 0. The minimum atomic E-state index is -3.28. The molecule has 1 aliphatic heterocycles. The molecule has 21 heavy (non-hydrogen) atoms. The molecule has 0 aromatic rings. The van der Waals surface area contributed by atoms with Gasteiger partial charge in [0.15, 0.2) is 0 Å². The Morgan fingerprint density at radius 1 is 1.14 bits per heavy atom. The predicted octanol–water partition coefficient (Wildman–Crippen LogP) is 0.579. The van der Waals surface area contributed by atoms with E-state index in [-0.39, 0.29) is 0 Å². The van der Waals surface area contributed by atoms with Crippen molar-refractivity contribution >= 4 is 10.2 Å². The Morgan fingerprint density at radius 2 is 1.76 bits per heavy atom. The highest BCUT2D eigenvalue weighted by Gasteiger charge is 2.31. The number of nitrogens with one attached hydrogen (secondary N) is 1. The van der Waals surface area contributed by atoms with E-state index < -0.39 is 10.2 Å². The molecule has 1 heterocycles. The molecule has 7 heteroatoms. The van der Waals surface area contributed by atoms with Gasteiger partial charge in [0.05, 0.1) is 0 Å². The molecule has 0 atom stereocenters. The van der Waals surface area contributed by atoms with E-state index in [4.69, 9.17) is 0 Å². The van der Waals surface area contributed by atoms with Crippen molar-refractivity contribution in [3.63, 3.8) is 0 Å². The Morgan fingerprint density at radius 3 is 2.29 bits per heavy atom. The van der Waals surface area contributed by atoms with Gasteiger partial charge in [-0.2, -0.15) is 17.0 Å². The van der Waals surface area contributed by atoms with Gasteiger partial charge in [0.1, 0.15) is 0 Å². The van der Waals surface area contributed by atoms with Gasteiger partial charge >= 0.3 is 0 Å². The molecule has 0 aliphatic carbocycles. The number of rotatable bonds is 9. The average Bonchev–Trinajstić information content (AvgIpc) is 2.46. The summed E-state index contributed by atoms with van der Waals surface area (Å²) in [5.41, 5.74) is 0. The highest BCUT2D eigenvalue weighted by molar-refractivity contribution is 7.86. The summed E-state index contributed by atoms with van der Waals surface area (Å²) < 4.78 is 28.1. The molecule has 0 radical (unpaired) electrons. The minimum Gasteiger partial charge on any atom is -0.317 e. The van der Waals surface area contributed by atoms with Crippen LogP contribution in [0.25, 0.3) is 0 Å². The first-order valence-electron chi connectivity index (χ1n) is 7.98. The normalized spacial score (nSPS) is 18.8. The van der Waals surface area contributed by atoms with E-state index >= 15 is 0 Å². The first kappa shape index (κ1) is 18.8. The first-order valence-corrected chi connectivity index (χ1v) is 9.37.